The topological polar surface area (TPSA) is 102 Å². The Hall–Kier alpha value is -2.35. The standard InChI is InChI=1S/C12H12N2O5S/c1-8-2-4-10(5-3-8)20(17,18)14-12(16)13-9-6-11(15)19-7-9/h2-6H,7H2,1H3,(H2,13,14,16). The van der Waals surface area contributed by atoms with E-state index in [1.807, 2.05) is 11.6 Å². The number of amides is 2. The van der Waals surface area contributed by atoms with Gasteiger partial charge in [0.15, 0.2) is 0 Å². The number of hydrogen-bond donors (Lipinski definition) is 2. The highest BCUT2D eigenvalue weighted by Crippen LogP contribution is 2.10. The first kappa shape index (κ1) is 14.1. The quantitative estimate of drug-likeness (QED) is 0.787. The lowest BCUT2D eigenvalue weighted by molar-refractivity contribution is -0.134. The van der Waals surface area contributed by atoms with Crippen molar-refractivity contribution in [3.05, 3.63) is 41.6 Å². The Bertz CT molecular complexity index is 676. The van der Waals surface area contributed by atoms with Crippen LogP contribution in [0.25, 0.3) is 0 Å². The van der Waals surface area contributed by atoms with Gasteiger partial charge in [-0.3, -0.25) is 0 Å². The van der Waals surface area contributed by atoms with E-state index < -0.39 is 22.0 Å². The van der Waals surface area contributed by atoms with Gasteiger partial charge in [-0.15, -0.1) is 0 Å². The normalized spacial score (nSPS) is 14.4. The third kappa shape index (κ3) is 3.35. The molecule has 0 aromatic heterocycles. The minimum atomic E-state index is -3.95. The summed E-state index contributed by atoms with van der Waals surface area (Å²) in [4.78, 5) is 22.3. The molecule has 0 aliphatic carbocycles. The number of urea groups is 1. The van der Waals surface area contributed by atoms with Crippen LogP contribution in [-0.2, 0) is 19.6 Å². The van der Waals surface area contributed by atoms with Crippen molar-refractivity contribution >= 4 is 22.0 Å². The van der Waals surface area contributed by atoms with Gasteiger partial charge in [-0.2, -0.15) is 0 Å². The van der Waals surface area contributed by atoms with Gasteiger partial charge in [0.1, 0.15) is 6.61 Å². The number of esters is 1. The molecule has 2 rings (SSSR count). The van der Waals surface area contributed by atoms with Crippen LogP contribution in [0.5, 0.6) is 0 Å². The molecule has 7 nitrogen and oxygen atoms in total. The van der Waals surface area contributed by atoms with E-state index >= 15 is 0 Å². The summed E-state index contributed by atoms with van der Waals surface area (Å²) in [6, 6.07) is 5.09. The lowest BCUT2D eigenvalue weighted by Gasteiger charge is -2.08. The van der Waals surface area contributed by atoms with Crippen molar-refractivity contribution in [3.8, 4) is 0 Å². The highest BCUT2D eigenvalue weighted by molar-refractivity contribution is 7.90. The second kappa shape index (κ2) is 5.33. The third-order valence-electron chi connectivity index (χ3n) is 2.49. The van der Waals surface area contributed by atoms with E-state index in [4.69, 9.17) is 0 Å². The summed E-state index contributed by atoms with van der Waals surface area (Å²) in [5.74, 6) is -0.582. The van der Waals surface area contributed by atoms with E-state index in [0.29, 0.717) is 0 Å². The van der Waals surface area contributed by atoms with Crippen molar-refractivity contribution in [2.45, 2.75) is 11.8 Å². The molecule has 0 saturated carbocycles. The highest BCUT2D eigenvalue weighted by Gasteiger charge is 2.20. The number of cyclic esters (lactones) is 1. The van der Waals surface area contributed by atoms with E-state index in [0.717, 1.165) is 11.6 Å². The number of carbonyl (C=O) groups excluding carboxylic acids is 2. The molecule has 1 aliphatic heterocycles. The molecule has 0 bridgehead atoms. The van der Waals surface area contributed by atoms with Crippen molar-refractivity contribution in [2.75, 3.05) is 6.61 Å². The molecule has 1 aliphatic rings. The summed E-state index contributed by atoms with van der Waals surface area (Å²) in [5.41, 5.74) is 1.10. The van der Waals surface area contributed by atoms with Crippen molar-refractivity contribution < 1.29 is 22.7 Å². The van der Waals surface area contributed by atoms with Crippen LogP contribution >= 0.6 is 0 Å². The number of hydrogen-bond acceptors (Lipinski definition) is 5. The molecule has 2 amide bonds. The zero-order valence-electron chi connectivity index (χ0n) is 10.5. The predicted octanol–water partition coefficient (Wildman–Crippen LogP) is 0.424. The summed E-state index contributed by atoms with van der Waals surface area (Å²) >= 11 is 0. The predicted molar refractivity (Wildman–Crippen MR) is 69.1 cm³/mol. The van der Waals surface area contributed by atoms with Crippen LogP contribution in [0.2, 0.25) is 0 Å². The van der Waals surface area contributed by atoms with Crippen LogP contribution in [-0.4, -0.2) is 27.0 Å². The van der Waals surface area contributed by atoms with Crippen molar-refractivity contribution in [2.24, 2.45) is 0 Å². The van der Waals surface area contributed by atoms with Crippen LogP contribution in [0.1, 0.15) is 5.56 Å². The maximum Gasteiger partial charge on any atom is 0.333 e. The molecule has 0 atom stereocenters. The summed E-state index contributed by atoms with van der Waals surface area (Å²) in [7, 11) is -3.95. The van der Waals surface area contributed by atoms with Gasteiger partial charge in [0.25, 0.3) is 10.0 Å². The molecule has 0 radical (unpaired) electrons. The van der Waals surface area contributed by atoms with Crippen molar-refractivity contribution in [1.82, 2.24) is 10.0 Å². The zero-order valence-corrected chi connectivity index (χ0v) is 11.4. The molecule has 0 unspecified atom stereocenters. The van der Waals surface area contributed by atoms with Crippen molar-refractivity contribution in [1.29, 1.82) is 0 Å². The number of ether oxygens (including phenoxy) is 1. The lowest BCUT2D eigenvalue weighted by atomic mass is 10.2. The lowest BCUT2D eigenvalue weighted by Crippen LogP contribution is -2.39. The van der Waals surface area contributed by atoms with E-state index in [2.05, 4.69) is 10.1 Å². The molecule has 0 saturated heterocycles. The number of benzene rings is 1. The van der Waals surface area contributed by atoms with Gasteiger partial charge in [-0.1, -0.05) is 17.7 Å². The Labute approximate surface area is 115 Å². The monoisotopic (exact) mass is 296 g/mol. The minimum absolute atomic E-state index is 0.0222. The van der Waals surface area contributed by atoms with E-state index in [1.165, 1.54) is 12.1 Å². The number of aryl methyl sites for hydroxylation is 1. The summed E-state index contributed by atoms with van der Waals surface area (Å²) < 4.78 is 30.2. The van der Waals surface area contributed by atoms with Gasteiger partial charge in [-0.05, 0) is 19.1 Å². The first-order valence-corrected chi connectivity index (χ1v) is 7.13. The Morgan fingerprint density at radius 2 is 1.90 bits per heavy atom. The Balaban J connectivity index is 2.05. The fourth-order valence-electron chi connectivity index (χ4n) is 1.52. The minimum Gasteiger partial charge on any atom is -0.456 e. The molecule has 20 heavy (non-hydrogen) atoms. The van der Waals surface area contributed by atoms with Crippen LogP contribution in [0, 0.1) is 6.92 Å². The molecular formula is C12H12N2O5S. The van der Waals surface area contributed by atoms with E-state index in [-0.39, 0.29) is 17.2 Å². The molecule has 1 aromatic carbocycles. The fraction of sp³-hybridized carbons (Fsp3) is 0.167. The average molecular weight is 296 g/mol. The zero-order chi connectivity index (χ0) is 14.8. The van der Waals surface area contributed by atoms with E-state index in [9.17, 15) is 18.0 Å². The molecule has 0 fully saturated rings. The molecular weight excluding hydrogens is 284 g/mol. The van der Waals surface area contributed by atoms with Gasteiger partial charge in [0.2, 0.25) is 0 Å². The molecule has 0 spiro atoms. The highest BCUT2D eigenvalue weighted by atomic mass is 32.2. The van der Waals surface area contributed by atoms with Crippen LogP contribution in [0.15, 0.2) is 40.9 Å². The first-order chi connectivity index (χ1) is 9.37. The Morgan fingerprint density at radius 3 is 2.45 bits per heavy atom. The second-order valence-corrected chi connectivity index (χ2v) is 5.83. The summed E-state index contributed by atoms with van der Waals surface area (Å²) in [6.07, 6.45) is 1.08. The van der Waals surface area contributed by atoms with Crippen LogP contribution < -0.4 is 10.0 Å². The van der Waals surface area contributed by atoms with Gasteiger partial charge < -0.3 is 10.1 Å². The van der Waals surface area contributed by atoms with Gasteiger partial charge in [0.05, 0.1) is 10.6 Å². The molecule has 1 heterocycles. The molecule has 106 valence electrons. The molecule has 8 heteroatoms. The largest absolute Gasteiger partial charge is 0.456 e. The van der Waals surface area contributed by atoms with E-state index in [1.54, 1.807) is 12.1 Å². The maximum atomic E-state index is 11.9. The average Bonchev–Trinajstić information content (AvgIpc) is 2.74. The maximum absolute atomic E-state index is 11.9. The number of sulfonamides is 1. The van der Waals surface area contributed by atoms with Crippen LogP contribution in [0.3, 0.4) is 0 Å². The fourth-order valence-corrected chi connectivity index (χ4v) is 2.42. The smallest absolute Gasteiger partial charge is 0.333 e. The van der Waals surface area contributed by atoms with Gasteiger partial charge in [-0.25, -0.2) is 22.7 Å². The van der Waals surface area contributed by atoms with Crippen molar-refractivity contribution in [3.63, 3.8) is 0 Å². The van der Waals surface area contributed by atoms with Gasteiger partial charge >= 0.3 is 12.0 Å². The molecule has 2 N–H and O–H groups in total. The summed E-state index contributed by atoms with van der Waals surface area (Å²) in [5, 5.41) is 2.23. The Morgan fingerprint density at radius 1 is 1.25 bits per heavy atom. The van der Waals surface area contributed by atoms with Gasteiger partial charge in [0, 0.05) is 6.08 Å². The summed E-state index contributed by atoms with van der Waals surface area (Å²) in [6.45, 7) is 1.73. The Kier molecular flexibility index (Phi) is 3.75. The number of rotatable bonds is 3. The first-order valence-electron chi connectivity index (χ1n) is 5.64. The number of nitrogens with one attached hydrogen (secondary N) is 2. The molecule has 1 aromatic rings. The third-order valence-corrected chi connectivity index (χ3v) is 3.84. The second-order valence-electron chi connectivity index (χ2n) is 4.15. The number of carbonyl (C=O) groups is 2. The SMILES string of the molecule is Cc1ccc(S(=O)(=O)NC(=O)NC2=CC(=O)OC2)cc1. The van der Waals surface area contributed by atoms with Crippen LogP contribution in [0.4, 0.5) is 4.79 Å².